The Morgan fingerprint density at radius 1 is 1.24 bits per heavy atom. The van der Waals surface area contributed by atoms with Crippen LogP contribution in [0.1, 0.15) is 31.7 Å². The molecule has 0 radical (unpaired) electrons. The highest BCUT2D eigenvalue weighted by Gasteiger charge is 2.37. The molecule has 0 saturated carbocycles. The van der Waals surface area contributed by atoms with Crippen LogP contribution >= 0.6 is 11.3 Å². The van der Waals surface area contributed by atoms with Gasteiger partial charge in [0.1, 0.15) is 11.3 Å². The van der Waals surface area contributed by atoms with Gasteiger partial charge in [-0.25, -0.2) is 4.98 Å². The Hall–Kier alpha value is -2.97. The summed E-state index contributed by atoms with van der Waals surface area (Å²) in [6.07, 6.45) is 8.16. The number of fused-ring (bicyclic) bond motifs is 4. The predicted molar refractivity (Wildman–Crippen MR) is 128 cm³/mol. The number of nitrogens with zero attached hydrogens (tertiary/aromatic N) is 4. The molecule has 2 fully saturated rings. The summed E-state index contributed by atoms with van der Waals surface area (Å²) < 4.78 is 12.9. The van der Waals surface area contributed by atoms with Gasteiger partial charge in [-0.1, -0.05) is 17.8 Å². The molecule has 1 amide bonds. The number of likely N-dealkylation sites (tertiary alicyclic amines) is 1. The number of hydrogen-bond acceptors (Lipinski definition) is 7. The van der Waals surface area contributed by atoms with Crippen molar-refractivity contribution in [2.45, 2.75) is 44.7 Å². The molecular formula is C25H26N4O3S. The number of amides is 1. The Morgan fingerprint density at radius 2 is 2.09 bits per heavy atom. The van der Waals surface area contributed by atoms with Crippen molar-refractivity contribution in [3.05, 3.63) is 48.4 Å². The zero-order chi connectivity index (χ0) is 22.4. The van der Waals surface area contributed by atoms with Crippen molar-refractivity contribution < 1.29 is 13.9 Å². The second-order valence-electron chi connectivity index (χ2n) is 8.98. The molecule has 3 aromatic heterocycles. The average Bonchev–Trinajstić information content (AvgIpc) is 3.40. The van der Waals surface area contributed by atoms with E-state index in [0.717, 1.165) is 41.7 Å². The van der Waals surface area contributed by atoms with Crippen LogP contribution in [0.15, 0.2) is 47.2 Å². The van der Waals surface area contributed by atoms with Gasteiger partial charge in [-0.15, -0.1) is 0 Å². The maximum Gasteiger partial charge on any atom is 0.281 e. The van der Waals surface area contributed by atoms with E-state index >= 15 is 0 Å². The topological polar surface area (TPSA) is 71.7 Å². The summed E-state index contributed by atoms with van der Waals surface area (Å²) >= 11 is 1.48. The number of furan rings is 1. The summed E-state index contributed by atoms with van der Waals surface area (Å²) in [7, 11) is 0. The monoisotopic (exact) mass is 462 g/mol. The largest absolute Gasteiger partial charge is 0.464 e. The highest BCUT2D eigenvalue weighted by molar-refractivity contribution is 7.20. The van der Waals surface area contributed by atoms with E-state index in [0.29, 0.717) is 28.7 Å². The second-order valence-corrected chi connectivity index (χ2v) is 9.97. The number of benzene rings is 1. The van der Waals surface area contributed by atoms with Crippen molar-refractivity contribution in [2.75, 3.05) is 19.6 Å². The molecule has 0 spiro atoms. The molecular weight excluding hydrogens is 436 g/mol. The lowest BCUT2D eigenvalue weighted by molar-refractivity contribution is -0.135. The van der Waals surface area contributed by atoms with Gasteiger partial charge < -0.3 is 14.1 Å². The van der Waals surface area contributed by atoms with Gasteiger partial charge in [-0.05, 0) is 49.1 Å². The molecule has 0 aliphatic carbocycles. The second kappa shape index (κ2) is 8.43. The molecule has 7 nitrogen and oxygen atoms in total. The minimum absolute atomic E-state index is 0.201. The number of piperazine rings is 1. The number of pyridine rings is 1. The minimum Gasteiger partial charge on any atom is -0.464 e. The Bertz CT molecular complexity index is 1270. The highest BCUT2D eigenvalue weighted by atomic mass is 32.1. The van der Waals surface area contributed by atoms with Gasteiger partial charge in [-0.3, -0.25) is 9.69 Å². The average molecular weight is 463 g/mol. The fourth-order valence-corrected chi connectivity index (χ4v) is 6.08. The van der Waals surface area contributed by atoms with E-state index in [1.54, 1.807) is 13.1 Å². The Labute approximate surface area is 196 Å². The molecule has 8 heteroatoms. The van der Waals surface area contributed by atoms with E-state index < -0.39 is 0 Å². The lowest BCUT2D eigenvalue weighted by Gasteiger charge is -2.50. The molecule has 2 aliphatic heterocycles. The van der Waals surface area contributed by atoms with Gasteiger partial charge in [0.25, 0.3) is 5.19 Å². The lowest BCUT2D eigenvalue weighted by Crippen LogP contribution is -2.61. The van der Waals surface area contributed by atoms with Crippen LogP contribution in [-0.2, 0) is 11.2 Å². The van der Waals surface area contributed by atoms with Crippen LogP contribution in [0.5, 0.6) is 10.9 Å². The van der Waals surface area contributed by atoms with Gasteiger partial charge in [0, 0.05) is 56.3 Å². The van der Waals surface area contributed by atoms with E-state index in [4.69, 9.17) is 9.15 Å². The molecule has 2 saturated heterocycles. The molecule has 170 valence electrons. The molecule has 6 rings (SSSR count). The first kappa shape index (κ1) is 20.6. The standard InChI is InChI=1S/C25H26N4O3S/c1-16(30)28-13-18-4-2-5-19(14-28)29(18)11-9-17-15-31-22-12-20(7-8-21(17)22)32-25-27-24-23(33-25)6-3-10-26-24/h3,6-8,10,12,15,18-19H,2,4-5,9,11,13-14H2,1H3/t18-,19+. The number of carbonyl (C=O) groups is 1. The van der Waals surface area contributed by atoms with Gasteiger partial charge >= 0.3 is 0 Å². The van der Waals surface area contributed by atoms with Crippen molar-refractivity contribution in [1.29, 1.82) is 0 Å². The van der Waals surface area contributed by atoms with Gasteiger partial charge in [0.15, 0.2) is 5.65 Å². The molecule has 0 unspecified atom stereocenters. The van der Waals surface area contributed by atoms with Crippen molar-refractivity contribution in [2.24, 2.45) is 0 Å². The van der Waals surface area contributed by atoms with E-state index in [1.807, 2.05) is 35.4 Å². The molecule has 1 aromatic carbocycles. The van der Waals surface area contributed by atoms with Crippen LogP contribution in [0.4, 0.5) is 0 Å². The summed E-state index contributed by atoms with van der Waals surface area (Å²) in [5.41, 5.74) is 2.74. The molecule has 33 heavy (non-hydrogen) atoms. The zero-order valence-corrected chi connectivity index (χ0v) is 19.4. The molecule has 5 heterocycles. The first-order chi connectivity index (χ1) is 16.1. The normalized spacial score (nSPS) is 21.1. The van der Waals surface area contributed by atoms with Crippen molar-refractivity contribution in [3.8, 4) is 10.9 Å². The maximum absolute atomic E-state index is 11.9. The third-order valence-electron chi connectivity index (χ3n) is 6.94. The number of rotatable bonds is 5. The van der Waals surface area contributed by atoms with E-state index in [-0.39, 0.29) is 5.91 Å². The van der Waals surface area contributed by atoms with E-state index in [9.17, 15) is 4.79 Å². The number of thiazole rings is 1. The lowest BCUT2D eigenvalue weighted by atomic mass is 9.90. The number of carbonyl (C=O) groups excluding carboxylic acids is 1. The maximum atomic E-state index is 11.9. The van der Waals surface area contributed by atoms with Crippen LogP contribution in [-0.4, -0.2) is 57.4 Å². The number of ether oxygens (including phenoxy) is 1. The number of piperidine rings is 1. The van der Waals surface area contributed by atoms with E-state index in [1.165, 1.54) is 36.2 Å². The fourth-order valence-electron chi connectivity index (χ4n) is 5.28. The van der Waals surface area contributed by atoms with Crippen LogP contribution in [0.3, 0.4) is 0 Å². The molecule has 0 N–H and O–H groups in total. The number of aromatic nitrogens is 2. The Kier molecular flexibility index (Phi) is 5.27. The summed E-state index contributed by atoms with van der Waals surface area (Å²) in [6.45, 7) is 4.40. The summed E-state index contributed by atoms with van der Waals surface area (Å²) in [4.78, 5) is 25.3. The van der Waals surface area contributed by atoms with Gasteiger partial charge in [-0.2, -0.15) is 4.98 Å². The molecule has 2 aliphatic rings. The van der Waals surface area contributed by atoms with Crippen molar-refractivity contribution in [3.63, 3.8) is 0 Å². The summed E-state index contributed by atoms with van der Waals surface area (Å²) in [5.74, 6) is 0.907. The minimum atomic E-state index is 0.201. The Morgan fingerprint density at radius 3 is 2.88 bits per heavy atom. The highest BCUT2D eigenvalue weighted by Crippen LogP contribution is 2.34. The first-order valence-electron chi connectivity index (χ1n) is 11.5. The Balaban J connectivity index is 1.15. The molecule has 2 bridgehead atoms. The van der Waals surface area contributed by atoms with Crippen LogP contribution in [0.25, 0.3) is 21.3 Å². The number of hydrogen-bond donors (Lipinski definition) is 0. The SMILES string of the molecule is CC(=O)N1C[C@H]2CCC[C@@H](C1)N2CCc1coc2cc(Oc3nc4ncccc4s3)ccc12. The van der Waals surface area contributed by atoms with Crippen LogP contribution < -0.4 is 4.74 Å². The van der Waals surface area contributed by atoms with Crippen LogP contribution in [0.2, 0.25) is 0 Å². The third-order valence-corrected chi connectivity index (χ3v) is 7.83. The molecule has 4 aromatic rings. The smallest absolute Gasteiger partial charge is 0.281 e. The van der Waals surface area contributed by atoms with Crippen LogP contribution in [0, 0.1) is 0 Å². The van der Waals surface area contributed by atoms with Gasteiger partial charge in [0.05, 0.1) is 11.0 Å². The molecule has 2 atom stereocenters. The summed E-state index contributed by atoms with van der Waals surface area (Å²) in [6, 6.07) is 10.8. The van der Waals surface area contributed by atoms with Gasteiger partial charge in [0.2, 0.25) is 5.91 Å². The summed E-state index contributed by atoms with van der Waals surface area (Å²) in [5, 5.41) is 1.70. The first-order valence-corrected chi connectivity index (χ1v) is 12.4. The van der Waals surface area contributed by atoms with E-state index in [2.05, 4.69) is 20.9 Å². The van der Waals surface area contributed by atoms with Crippen molar-refractivity contribution in [1.82, 2.24) is 19.8 Å². The third kappa shape index (κ3) is 3.98. The quantitative estimate of drug-likeness (QED) is 0.422. The zero-order valence-electron chi connectivity index (χ0n) is 18.6. The fraction of sp³-hybridized carbons (Fsp3) is 0.400. The van der Waals surface area contributed by atoms with Crippen molar-refractivity contribution >= 4 is 38.6 Å². The predicted octanol–water partition coefficient (Wildman–Crippen LogP) is 4.86.